The number of nitrogens with zero attached hydrogens (tertiary/aromatic N) is 2. The van der Waals surface area contributed by atoms with Gasteiger partial charge in [-0.3, -0.25) is 0 Å². The molecule has 3 rings (SSSR count). The number of rotatable bonds is 8. The third-order valence-electron chi connectivity index (χ3n) is 4.27. The van der Waals surface area contributed by atoms with Gasteiger partial charge in [0.15, 0.2) is 0 Å². The largest absolute Gasteiger partial charge is 0.494 e. The van der Waals surface area contributed by atoms with Crippen molar-refractivity contribution in [2.24, 2.45) is 0 Å². The van der Waals surface area contributed by atoms with E-state index < -0.39 is 0 Å². The van der Waals surface area contributed by atoms with Gasteiger partial charge in [0.1, 0.15) is 11.6 Å². The molecule has 0 unspecified atom stereocenters. The van der Waals surface area contributed by atoms with E-state index >= 15 is 0 Å². The van der Waals surface area contributed by atoms with Crippen LogP contribution in [0.25, 0.3) is 11.0 Å². The molecule has 0 fully saturated rings. The highest BCUT2D eigenvalue weighted by atomic mass is 16.5. The first-order valence-corrected chi connectivity index (χ1v) is 8.91. The van der Waals surface area contributed by atoms with Crippen LogP contribution in [0.5, 0.6) is 5.75 Å². The van der Waals surface area contributed by atoms with Gasteiger partial charge in [0.25, 0.3) is 0 Å². The van der Waals surface area contributed by atoms with E-state index in [0.29, 0.717) is 0 Å². The van der Waals surface area contributed by atoms with E-state index in [1.807, 2.05) is 12.1 Å². The molecule has 3 nitrogen and oxygen atoms in total. The molecule has 3 aromatic rings. The van der Waals surface area contributed by atoms with Gasteiger partial charge in [0.2, 0.25) is 0 Å². The predicted molar refractivity (Wildman–Crippen MR) is 99.6 cm³/mol. The third kappa shape index (κ3) is 3.97. The molecule has 0 amide bonds. The van der Waals surface area contributed by atoms with Gasteiger partial charge in [-0.1, -0.05) is 36.8 Å². The van der Waals surface area contributed by atoms with Gasteiger partial charge in [0, 0.05) is 13.0 Å². The summed E-state index contributed by atoms with van der Waals surface area (Å²) in [4.78, 5) is 4.79. The number of unbranched alkanes of at least 4 members (excludes halogenated alkanes) is 1. The lowest BCUT2D eigenvalue weighted by molar-refractivity contribution is 0.303. The van der Waals surface area contributed by atoms with Gasteiger partial charge in [-0.25, -0.2) is 4.98 Å². The summed E-state index contributed by atoms with van der Waals surface area (Å²) < 4.78 is 8.20. The Hall–Kier alpha value is -2.29. The summed E-state index contributed by atoms with van der Waals surface area (Å²) in [7, 11) is 0. The molecular weight excluding hydrogens is 296 g/mol. The molecule has 1 aromatic heterocycles. The second kappa shape index (κ2) is 8.00. The highest BCUT2D eigenvalue weighted by molar-refractivity contribution is 5.75. The zero-order valence-electron chi connectivity index (χ0n) is 14.7. The van der Waals surface area contributed by atoms with Crippen LogP contribution in [0.2, 0.25) is 0 Å². The van der Waals surface area contributed by atoms with Crippen molar-refractivity contribution in [2.75, 3.05) is 6.61 Å². The van der Waals surface area contributed by atoms with Crippen LogP contribution in [0.1, 0.15) is 37.6 Å². The Bertz CT molecular complexity index is 774. The van der Waals surface area contributed by atoms with Gasteiger partial charge in [-0.15, -0.1) is 0 Å². The summed E-state index contributed by atoms with van der Waals surface area (Å²) in [6.45, 7) is 6.07. The van der Waals surface area contributed by atoms with E-state index in [1.54, 1.807) is 0 Å². The van der Waals surface area contributed by atoms with Crippen LogP contribution in [-0.2, 0) is 13.0 Å². The second-order valence-electron chi connectivity index (χ2n) is 6.29. The Kier molecular flexibility index (Phi) is 5.52. The van der Waals surface area contributed by atoms with E-state index in [0.717, 1.165) is 50.1 Å². The van der Waals surface area contributed by atoms with Gasteiger partial charge >= 0.3 is 0 Å². The first-order chi connectivity index (χ1) is 11.8. The second-order valence-corrected chi connectivity index (χ2v) is 6.29. The number of aryl methyl sites for hydroxylation is 3. The molecule has 24 heavy (non-hydrogen) atoms. The molecule has 0 saturated carbocycles. The molecule has 126 valence electrons. The van der Waals surface area contributed by atoms with Gasteiger partial charge in [0.05, 0.1) is 17.6 Å². The predicted octanol–water partition coefficient (Wildman–Crippen LogP) is 5.16. The lowest BCUT2D eigenvalue weighted by Crippen LogP contribution is -2.06. The number of aromatic nitrogens is 2. The van der Waals surface area contributed by atoms with Crippen LogP contribution in [-0.4, -0.2) is 16.2 Å². The van der Waals surface area contributed by atoms with Crippen LogP contribution in [0, 0.1) is 6.92 Å². The highest BCUT2D eigenvalue weighted by Crippen LogP contribution is 2.18. The first-order valence-electron chi connectivity index (χ1n) is 8.91. The topological polar surface area (TPSA) is 27.1 Å². The summed E-state index contributed by atoms with van der Waals surface area (Å²) in [6, 6.07) is 16.7. The molecule has 0 saturated heterocycles. The summed E-state index contributed by atoms with van der Waals surface area (Å²) in [6.07, 6.45) is 4.31. The van der Waals surface area contributed by atoms with Crippen LogP contribution in [0.15, 0.2) is 48.5 Å². The van der Waals surface area contributed by atoms with E-state index in [1.165, 1.54) is 16.9 Å². The van der Waals surface area contributed by atoms with Crippen molar-refractivity contribution in [1.29, 1.82) is 0 Å². The minimum absolute atomic E-state index is 0.763. The molecule has 1 heterocycles. The fraction of sp³-hybridized carbons (Fsp3) is 0.381. The van der Waals surface area contributed by atoms with E-state index in [4.69, 9.17) is 9.72 Å². The minimum Gasteiger partial charge on any atom is -0.494 e. The highest BCUT2D eigenvalue weighted by Gasteiger charge is 2.09. The van der Waals surface area contributed by atoms with Gasteiger partial charge < -0.3 is 9.30 Å². The lowest BCUT2D eigenvalue weighted by atomic mass is 10.2. The number of ether oxygens (including phenoxy) is 1. The summed E-state index contributed by atoms with van der Waals surface area (Å²) in [5.41, 5.74) is 3.62. The first kappa shape index (κ1) is 16.6. The number of hydrogen-bond donors (Lipinski definition) is 0. The molecule has 0 spiro atoms. The smallest absolute Gasteiger partial charge is 0.119 e. The number of fused-ring (bicyclic) bond motifs is 1. The molecule has 0 aliphatic carbocycles. The molecule has 0 radical (unpaired) electrons. The minimum atomic E-state index is 0.763. The van der Waals surface area contributed by atoms with Crippen molar-refractivity contribution in [1.82, 2.24) is 9.55 Å². The van der Waals surface area contributed by atoms with Crippen molar-refractivity contribution in [2.45, 2.75) is 46.1 Å². The standard InChI is InChI=1S/C21H26N2O/c1-3-8-21-22-19-9-4-5-10-20(19)23(21)15-6-7-16-24-18-13-11-17(2)12-14-18/h4-5,9-14H,3,6-8,15-16H2,1-2H3. The fourth-order valence-electron chi connectivity index (χ4n) is 2.99. The van der Waals surface area contributed by atoms with Gasteiger partial charge in [-0.05, 0) is 50.5 Å². The molecule has 0 bridgehead atoms. The van der Waals surface area contributed by atoms with Crippen LogP contribution >= 0.6 is 0 Å². The fourth-order valence-corrected chi connectivity index (χ4v) is 2.99. The van der Waals surface area contributed by atoms with E-state index in [9.17, 15) is 0 Å². The molecule has 2 aromatic carbocycles. The Morgan fingerprint density at radius 2 is 1.79 bits per heavy atom. The van der Waals surface area contributed by atoms with Crippen molar-refractivity contribution in [3.8, 4) is 5.75 Å². The zero-order chi connectivity index (χ0) is 16.8. The van der Waals surface area contributed by atoms with Gasteiger partial charge in [-0.2, -0.15) is 0 Å². The Labute approximate surface area is 144 Å². The average molecular weight is 322 g/mol. The van der Waals surface area contributed by atoms with Crippen molar-refractivity contribution < 1.29 is 4.74 Å². The third-order valence-corrected chi connectivity index (χ3v) is 4.27. The van der Waals surface area contributed by atoms with Crippen LogP contribution < -0.4 is 4.74 Å². The van der Waals surface area contributed by atoms with E-state index in [-0.39, 0.29) is 0 Å². The van der Waals surface area contributed by atoms with E-state index in [2.05, 4.69) is 54.8 Å². The quantitative estimate of drug-likeness (QED) is 0.536. The average Bonchev–Trinajstić information content (AvgIpc) is 2.94. The normalized spacial score (nSPS) is 11.1. The molecule has 0 aliphatic heterocycles. The number of para-hydroxylation sites is 2. The van der Waals surface area contributed by atoms with Crippen molar-refractivity contribution >= 4 is 11.0 Å². The Morgan fingerprint density at radius 3 is 2.58 bits per heavy atom. The Balaban J connectivity index is 1.55. The monoisotopic (exact) mass is 322 g/mol. The molecule has 3 heteroatoms. The maximum Gasteiger partial charge on any atom is 0.119 e. The van der Waals surface area contributed by atoms with Crippen LogP contribution in [0.4, 0.5) is 0 Å². The number of hydrogen-bond acceptors (Lipinski definition) is 2. The maximum absolute atomic E-state index is 5.82. The molecule has 0 aliphatic rings. The maximum atomic E-state index is 5.82. The summed E-state index contributed by atoms with van der Waals surface area (Å²) in [5.74, 6) is 2.17. The lowest BCUT2D eigenvalue weighted by Gasteiger charge is -2.10. The van der Waals surface area contributed by atoms with Crippen molar-refractivity contribution in [3.05, 3.63) is 59.9 Å². The number of benzene rings is 2. The molecule has 0 atom stereocenters. The van der Waals surface area contributed by atoms with Crippen LogP contribution in [0.3, 0.4) is 0 Å². The Morgan fingerprint density at radius 1 is 1.00 bits per heavy atom. The SMILES string of the molecule is CCCc1nc2ccccc2n1CCCCOc1ccc(C)cc1. The molecule has 0 N–H and O–H groups in total. The summed E-state index contributed by atoms with van der Waals surface area (Å²) in [5, 5.41) is 0. The van der Waals surface area contributed by atoms with Crippen molar-refractivity contribution in [3.63, 3.8) is 0 Å². The summed E-state index contributed by atoms with van der Waals surface area (Å²) >= 11 is 0. The molecular formula is C21H26N2O. The zero-order valence-corrected chi connectivity index (χ0v) is 14.7. The number of imidazole rings is 1.